The Morgan fingerprint density at radius 2 is 1.89 bits per heavy atom. The molecule has 1 heterocycles. The van der Waals surface area contributed by atoms with Crippen molar-refractivity contribution in [3.63, 3.8) is 0 Å². The summed E-state index contributed by atoms with van der Waals surface area (Å²) in [6.07, 6.45) is 2.70. The molecule has 2 rings (SSSR count). The van der Waals surface area contributed by atoms with Gasteiger partial charge in [0.25, 0.3) is 0 Å². The highest BCUT2D eigenvalue weighted by Gasteiger charge is 2.46. The van der Waals surface area contributed by atoms with Gasteiger partial charge in [-0.25, -0.2) is 19.3 Å². The number of ether oxygens (including phenoxy) is 2. The minimum absolute atomic E-state index is 0.0721. The molecule has 0 aliphatic carbocycles. The number of rotatable bonds is 12. The third-order valence-electron chi connectivity index (χ3n) is 5.42. The SMILES string of the molecule is C=CCN[C@@H](CCCCNC(=O)OCc1ccccc1)C(=O)N1C(=O)N(C)C[C@H]1C(=O)OC(C)(C)C. The second-order valence-electron chi connectivity index (χ2n) is 9.65. The first-order valence-corrected chi connectivity index (χ1v) is 12.1. The number of unbranched alkanes of at least 4 members (excludes halogenated alkanes) is 1. The summed E-state index contributed by atoms with van der Waals surface area (Å²) in [4.78, 5) is 53.1. The lowest BCUT2D eigenvalue weighted by atomic mass is 10.1. The molecule has 1 aromatic carbocycles. The molecule has 10 heteroatoms. The normalized spacial score (nSPS) is 16.4. The van der Waals surface area contributed by atoms with Gasteiger partial charge in [-0.2, -0.15) is 0 Å². The number of benzene rings is 1. The van der Waals surface area contributed by atoms with Gasteiger partial charge < -0.3 is 25.0 Å². The van der Waals surface area contributed by atoms with E-state index in [0.717, 1.165) is 10.5 Å². The Hall–Kier alpha value is -3.40. The number of hydrogen-bond donors (Lipinski definition) is 2. The average molecular weight is 503 g/mol. The monoisotopic (exact) mass is 502 g/mol. The molecule has 1 saturated heterocycles. The standard InChI is InChI=1S/C26H38N4O6/c1-6-15-27-20(14-10-11-16-28-24(33)35-18-19-12-8-7-9-13-19)22(31)30-21(17-29(5)25(30)34)23(32)36-26(2,3)4/h6-9,12-13,20-21,27H,1,10-11,14-18H2,2-5H3,(H,28,33)/t20-,21-/m0/s1. The third-order valence-corrected chi connectivity index (χ3v) is 5.42. The van der Waals surface area contributed by atoms with Crippen molar-refractivity contribution in [3.05, 3.63) is 48.6 Å². The fraction of sp³-hybridized carbons (Fsp3) is 0.538. The number of alkyl carbamates (subject to hydrolysis) is 1. The molecule has 2 atom stereocenters. The van der Waals surface area contributed by atoms with Crippen LogP contribution in [0.1, 0.15) is 45.6 Å². The number of imide groups is 1. The zero-order valence-electron chi connectivity index (χ0n) is 21.6. The van der Waals surface area contributed by atoms with Crippen molar-refractivity contribution >= 4 is 24.0 Å². The van der Waals surface area contributed by atoms with E-state index in [2.05, 4.69) is 17.2 Å². The molecule has 0 spiro atoms. The molecule has 1 aromatic rings. The number of amides is 4. The first-order chi connectivity index (χ1) is 17.0. The molecule has 10 nitrogen and oxygen atoms in total. The van der Waals surface area contributed by atoms with Crippen LogP contribution in [0.4, 0.5) is 9.59 Å². The summed E-state index contributed by atoms with van der Waals surface area (Å²) in [5.74, 6) is -1.11. The Kier molecular flexibility index (Phi) is 10.9. The van der Waals surface area contributed by atoms with Crippen molar-refractivity contribution in [2.75, 3.05) is 26.7 Å². The number of likely N-dealkylation sites (N-methyl/N-ethyl adjacent to an activating group) is 1. The number of nitrogens with zero attached hydrogens (tertiary/aromatic N) is 2. The summed E-state index contributed by atoms with van der Waals surface area (Å²) in [5.41, 5.74) is 0.153. The second-order valence-corrected chi connectivity index (χ2v) is 9.65. The van der Waals surface area contributed by atoms with Crippen molar-refractivity contribution < 1.29 is 28.7 Å². The van der Waals surface area contributed by atoms with Crippen LogP contribution in [0.2, 0.25) is 0 Å². The molecule has 0 radical (unpaired) electrons. The fourth-order valence-corrected chi connectivity index (χ4v) is 3.68. The van der Waals surface area contributed by atoms with Crippen LogP contribution >= 0.6 is 0 Å². The van der Waals surface area contributed by atoms with Crippen LogP contribution in [0.3, 0.4) is 0 Å². The predicted molar refractivity (Wildman–Crippen MR) is 135 cm³/mol. The number of nitrogens with one attached hydrogen (secondary N) is 2. The molecule has 1 aliphatic rings. The second kappa shape index (κ2) is 13.6. The van der Waals surface area contributed by atoms with Crippen LogP contribution < -0.4 is 10.6 Å². The fourth-order valence-electron chi connectivity index (χ4n) is 3.68. The topological polar surface area (TPSA) is 117 Å². The van der Waals surface area contributed by atoms with Gasteiger partial charge in [-0.1, -0.05) is 36.4 Å². The van der Waals surface area contributed by atoms with Gasteiger partial charge in [0.2, 0.25) is 5.91 Å². The van der Waals surface area contributed by atoms with Crippen LogP contribution in [-0.2, 0) is 25.7 Å². The summed E-state index contributed by atoms with van der Waals surface area (Å²) in [5, 5.41) is 5.78. The zero-order valence-corrected chi connectivity index (χ0v) is 21.6. The van der Waals surface area contributed by atoms with E-state index in [0.29, 0.717) is 32.4 Å². The Labute approximate surface area is 213 Å². The maximum Gasteiger partial charge on any atom is 0.407 e. The van der Waals surface area contributed by atoms with Crippen LogP contribution in [-0.4, -0.2) is 78.2 Å². The van der Waals surface area contributed by atoms with Crippen molar-refractivity contribution in [2.24, 2.45) is 0 Å². The molecule has 4 amide bonds. The van der Waals surface area contributed by atoms with Crippen LogP contribution in [0.5, 0.6) is 0 Å². The molecule has 36 heavy (non-hydrogen) atoms. The number of urea groups is 1. The molecule has 2 N–H and O–H groups in total. The molecule has 0 aromatic heterocycles. The molecule has 0 saturated carbocycles. The van der Waals surface area contributed by atoms with Crippen LogP contribution in [0.15, 0.2) is 43.0 Å². The first-order valence-electron chi connectivity index (χ1n) is 12.1. The van der Waals surface area contributed by atoms with E-state index in [4.69, 9.17) is 9.47 Å². The first kappa shape index (κ1) is 28.8. The van der Waals surface area contributed by atoms with E-state index in [1.165, 1.54) is 4.90 Å². The number of carbonyl (C=O) groups is 4. The highest BCUT2D eigenvalue weighted by atomic mass is 16.6. The lowest BCUT2D eigenvalue weighted by Gasteiger charge is -2.28. The predicted octanol–water partition coefficient (Wildman–Crippen LogP) is 2.83. The zero-order chi connectivity index (χ0) is 26.7. The van der Waals surface area contributed by atoms with E-state index < -0.39 is 41.7 Å². The van der Waals surface area contributed by atoms with Gasteiger partial charge in [-0.3, -0.25) is 4.79 Å². The highest BCUT2D eigenvalue weighted by Crippen LogP contribution is 2.21. The van der Waals surface area contributed by atoms with E-state index in [9.17, 15) is 19.2 Å². The Morgan fingerprint density at radius 1 is 1.19 bits per heavy atom. The average Bonchev–Trinajstić information content (AvgIpc) is 3.13. The van der Waals surface area contributed by atoms with Crippen LogP contribution in [0.25, 0.3) is 0 Å². The summed E-state index contributed by atoms with van der Waals surface area (Å²) in [6.45, 7) is 9.86. The van der Waals surface area contributed by atoms with Crippen molar-refractivity contribution in [2.45, 2.75) is 64.3 Å². The molecular formula is C26H38N4O6. The van der Waals surface area contributed by atoms with Crippen molar-refractivity contribution in [1.29, 1.82) is 0 Å². The lowest BCUT2D eigenvalue weighted by Crippen LogP contribution is -2.53. The Morgan fingerprint density at radius 3 is 2.53 bits per heavy atom. The Balaban J connectivity index is 1.89. The molecule has 1 fully saturated rings. The van der Waals surface area contributed by atoms with Gasteiger partial charge in [-0.05, 0) is 45.6 Å². The maximum atomic E-state index is 13.4. The summed E-state index contributed by atoms with van der Waals surface area (Å²) >= 11 is 0. The van der Waals surface area contributed by atoms with Gasteiger partial charge in [0.05, 0.1) is 12.6 Å². The highest BCUT2D eigenvalue weighted by molar-refractivity contribution is 6.03. The molecule has 198 valence electrons. The molecular weight excluding hydrogens is 464 g/mol. The van der Waals surface area contributed by atoms with Crippen LogP contribution in [0, 0.1) is 0 Å². The van der Waals surface area contributed by atoms with Gasteiger partial charge in [0.15, 0.2) is 6.04 Å². The molecule has 0 unspecified atom stereocenters. The third kappa shape index (κ3) is 8.99. The van der Waals surface area contributed by atoms with Gasteiger partial charge in [0, 0.05) is 20.1 Å². The molecule has 1 aliphatic heterocycles. The van der Waals surface area contributed by atoms with Crippen molar-refractivity contribution in [3.8, 4) is 0 Å². The van der Waals surface area contributed by atoms with E-state index >= 15 is 0 Å². The Bertz CT molecular complexity index is 915. The number of hydrogen-bond acceptors (Lipinski definition) is 7. The summed E-state index contributed by atoms with van der Waals surface area (Å²) in [7, 11) is 1.54. The lowest BCUT2D eigenvalue weighted by molar-refractivity contribution is -0.162. The van der Waals surface area contributed by atoms with E-state index in [1.807, 2.05) is 30.3 Å². The van der Waals surface area contributed by atoms with Gasteiger partial charge >= 0.3 is 18.1 Å². The number of carbonyl (C=O) groups excluding carboxylic acids is 4. The van der Waals surface area contributed by atoms with Gasteiger partial charge in [0.1, 0.15) is 12.2 Å². The molecule has 0 bridgehead atoms. The van der Waals surface area contributed by atoms with Gasteiger partial charge in [-0.15, -0.1) is 6.58 Å². The quantitative estimate of drug-likeness (QED) is 0.256. The minimum atomic E-state index is -1.01. The van der Waals surface area contributed by atoms with E-state index in [-0.39, 0.29) is 13.2 Å². The maximum absolute atomic E-state index is 13.4. The summed E-state index contributed by atoms with van der Waals surface area (Å²) in [6, 6.07) is 7.13. The smallest absolute Gasteiger partial charge is 0.407 e. The largest absolute Gasteiger partial charge is 0.458 e. The minimum Gasteiger partial charge on any atom is -0.458 e. The van der Waals surface area contributed by atoms with Crippen molar-refractivity contribution in [1.82, 2.24) is 20.4 Å². The van der Waals surface area contributed by atoms with E-state index in [1.54, 1.807) is 33.9 Å². The number of esters is 1. The summed E-state index contributed by atoms with van der Waals surface area (Å²) < 4.78 is 10.6.